The molecule has 1 rings (SSSR count). The van der Waals surface area contributed by atoms with Crippen molar-refractivity contribution in [1.82, 2.24) is 9.97 Å². The summed E-state index contributed by atoms with van der Waals surface area (Å²) in [5, 5.41) is 10.3. The predicted octanol–water partition coefficient (Wildman–Crippen LogP) is -0.394. The van der Waals surface area contributed by atoms with Gasteiger partial charge in [-0.05, 0) is 15.9 Å². The van der Waals surface area contributed by atoms with E-state index in [0.717, 1.165) is 0 Å². The van der Waals surface area contributed by atoms with Crippen LogP contribution in [0.4, 0.5) is 0 Å². The Morgan fingerprint density at radius 2 is 2.44 bits per heavy atom. The molecule has 0 saturated carbocycles. The zero-order valence-corrected chi connectivity index (χ0v) is 5.81. The predicted molar refractivity (Wildman–Crippen MR) is 32.0 cm³/mol. The third-order valence-electron chi connectivity index (χ3n) is 0.733. The first kappa shape index (κ1) is 6.28. The van der Waals surface area contributed by atoms with Crippen LogP contribution in [0.1, 0.15) is 0 Å². The number of nitrogens with zero attached hydrogens (tertiary/aromatic N) is 1. The zero-order chi connectivity index (χ0) is 6.85. The number of halogens is 1. The van der Waals surface area contributed by atoms with Crippen molar-refractivity contribution in [2.45, 2.75) is 0 Å². The standard InChI is InChI=1S/C4H3BrN2O2/c5-2-1-6-4(9)7-3(2)8/h1H,(H2,6,7,8,9)/p-1. The Morgan fingerprint density at radius 1 is 1.78 bits per heavy atom. The second-order valence-electron chi connectivity index (χ2n) is 1.37. The Labute approximate surface area is 58.7 Å². The molecule has 1 aromatic heterocycles. The number of aromatic nitrogens is 2. The monoisotopic (exact) mass is 189 g/mol. The van der Waals surface area contributed by atoms with Gasteiger partial charge in [-0.25, -0.2) is 0 Å². The lowest BCUT2D eigenvalue weighted by Gasteiger charge is -1.99. The molecule has 1 aromatic rings. The van der Waals surface area contributed by atoms with E-state index in [2.05, 4.69) is 20.9 Å². The molecule has 0 aliphatic heterocycles. The maximum atomic E-state index is 10.5. The van der Waals surface area contributed by atoms with Crippen LogP contribution in [0.15, 0.2) is 15.5 Å². The van der Waals surface area contributed by atoms with Crippen LogP contribution in [0.2, 0.25) is 0 Å². The third kappa shape index (κ3) is 1.29. The Morgan fingerprint density at radius 3 is 2.89 bits per heavy atom. The van der Waals surface area contributed by atoms with Crippen LogP contribution in [0.5, 0.6) is 6.01 Å². The van der Waals surface area contributed by atoms with Gasteiger partial charge in [0, 0.05) is 6.20 Å². The zero-order valence-electron chi connectivity index (χ0n) is 4.22. The fourth-order valence-electron chi connectivity index (χ4n) is 0.363. The lowest BCUT2D eigenvalue weighted by molar-refractivity contribution is -0.282. The molecule has 1 heterocycles. The van der Waals surface area contributed by atoms with Crippen LogP contribution in [-0.2, 0) is 0 Å². The molecule has 4 nitrogen and oxygen atoms in total. The summed E-state index contributed by atoms with van der Waals surface area (Å²) in [6.07, 6.45) is 1.17. The van der Waals surface area contributed by atoms with Crippen molar-refractivity contribution >= 4 is 15.9 Å². The summed E-state index contributed by atoms with van der Waals surface area (Å²) in [6, 6.07) is -0.622. The van der Waals surface area contributed by atoms with Crippen LogP contribution in [0.25, 0.3) is 0 Å². The number of aromatic amines is 1. The molecular formula is C4H2BrN2O2-. The summed E-state index contributed by atoms with van der Waals surface area (Å²) in [6.45, 7) is 0. The molecule has 0 bridgehead atoms. The smallest absolute Gasteiger partial charge is 0.264 e. The summed E-state index contributed by atoms with van der Waals surface area (Å²) in [4.78, 5) is 15.7. The van der Waals surface area contributed by atoms with E-state index < -0.39 is 11.6 Å². The normalized spacial score (nSPS) is 9.44. The second-order valence-corrected chi connectivity index (χ2v) is 2.22. The molecule has 0 amide bonds. The van der Waals surface area contributed by atoms with Gasteiger partial charge < -0.3 is 10.1 Å². The lowest BCUT2D eigenvalue weighted by atomic mass is 10.7. The first-order valence-electron chi connectivity index (χ1n) is 2.12. The molecule has 0 aliphatic carbocycles. The van der Waals surface area contributed by atoms with E-state index in [0.29, 0.717) is 0 Å². The molecule has 1 N–H and O–H groups in total. The van der Waals surface area contributed by atoms with Gasteiger partial charge in [-0.3, -0.25) is 9.78 Å². The summed E-state index contributed by atoms with van der Waals surface area (Å²) in [7, 11) is 0. The molecule has 5 heteroatoms. The van der Waals surface area contributed by atoms with Gasteiger partial charge in [0.1, 0.15) is 4.47 Å². The molecule has 0 radical (unpaired) electrons. The Hall–Kier alpha value is -0.840. The van der Waals surface area contributed by atoms with E-state index in [4.69, 9.17) is 0 Å². The maximum absolute atomic E-state index is 10.5. The van der Waals surface area contributed by atoms with E-state index >= 15 is 0 Å². The average molecular weight is 190 g/mol. The third-order valence-corrected chi connectivity index (χ3v) is 1.30. The molecule has 0 atom stereocenters. The molecule has 0 unspecified atom stereocenters. The highest BCUT2D eigenvalue weighted by molar-refractivity contribution is 9.10. The van der Waals surface area contributed by atoms with Crippen molar-refractivity contribution in [2.24, 2.45) is 0 Å². The van der Waals surface area contributed by atoms with Crippen molar-refractivity contribution < 1.29 is 5.11 Å². The number of hydrogen-bond donors (Lipinski definition) is 1. The lowest BCUT2D eigenvalue weighted by Crippen LogP contribution is -2.11. The second kappa shape index (κ2) is 2.18. The minimum absolute atomic E-state index is 0.266. The van der Waals surface area contributed by atoms with Gasteiger partial charge in [-0.1, -0.05) is 0 Å². The number of nitrogens with one attached hydrogen (secondary N) is 1. The highest BCUT2D eigenvalue weighted by Crippen LogP contribution is 1.98. The van der Waals surface area contributed by atoms with Gasteiger partial charge in [-0.15, -0.1) is 0 Å². The van der Waals surface area contributed by atoms with Crippen LogP contribution in [-0.4, -0.2) is 9.97 Å². The van der Waals surface area contributed by atoms with Crippen LogP contribution in [0.3, 0.4) is 0 Å². The van der Waals surface area contributed by atoms with Gasteiger partial charge >= 0.3 is 0 Å². The van der Waals surface area contributed by atoms with Crippen molar-refractivity contribution in [3.05, 3.63) is 21.0 Å². The SMILES string of the molecule is O=c1[nH]c([O-])ncc1Br. The Kier molecular flexibility index (Phi) is 1.52. The van der Waals surface area contributed by atoms with E-state index in [9.17, 15) is 9.90 Å². The van der Waals surface area contributed by atoms with Crippen molar-refractivity contribution in [2.75, 3.05) is 0 Å². The number of rotatable bonds is 0. The van der Waals surface area contributed by atoms with Crippen molar-refractivity contribution in [3.8, 4) is 6.01 Å². The van der Waals surface area contributed by atoms with Gasteiger partial charge in [0.25, 0.3) is 5.56 Å². The summed E-state index contributed by atoms with van der Waals surface area (Å²) in [5.74, 6) is 0. The minimum Gasteiger partial charge on any atom is -0.846 e. The van der Waals surface area contributed by atoms with Crippen molar-refractivity contribution in [3.63, 3.8) is 0 Å². The summed E-state index contributed by atoms with van der Waals surface area (Å²) in [5.41, 5.74) is -0.449. The maximum Gasteiger partial charge on any atom is 0.264 e. The fraction of sp³-hybridized carbons (Fsp3) is 0. The van der Waals surface area contributed by atoms with Crippen molar-refractivity contribution in [1.29, 1.82) is 0 Å². The quantitative estimate of drug-likeness (QED) is 0.605. The molecule has 0 saturated heterocycles. The van der Waals surface area contributed by atoms with Gasteiger partial charge in [0.05, 0.1) is 6.01 Å². The van der Waals surface area contributed by atoms with E-state index in [1.54, 1.807) is 0 Å². The largest absolute Gasteiger partial charge is 0.846 e. The van der Waals surface area contributed by atoms with E-state index in [1.165, 1.54) is 6.20 Å². The number of H-pyrrole nitrogens is 1. The topological polar surface area (TPSA) is 68.8 Å². The highest BCUT2D eigenvalue weighted by atomic mass is 79.9. The van der Waals surface area contributed by atoms with Crippen LogP contribution < -0.4 is 10.7 Å². The molecule has 9 heavy (non-hydrogen) atoms. The van der Waals surface area contributed by atoms with Gasteiger partial charge in [0.2, 0.25) is 0 Å². The van der Waals surface area contributed by atoms with Gasteiger partial charge in [0.15, 0.2) is 0 Å². The molecule has 48 valence electrons. The fourth-order valence-corrected chi connectivity index (χ4v) is 0.565. The summed E-state index contributed by atoms with van der Waals surface area (Å²) >= 11 is 2.88. The van der Waals surface area contributed by atoms with Crippen LogP contribution >= 0.6 is 15.9 Å². The Bertz CT molecular complexity index is 270. The average Bonchev–Trinajstić information content (AvgIpc) is 1.80. The van der Waals surface area contributed by atoms with E-state index in [-0.39, 0.29) is 4.47 Å². The first-order chi connectivity index (χ1) is 4.20. The molecule has 0 aromatic carbocycles. The van der Waals surface area contributed by atoms with E-state index in [1.807, 2.05) is 4.98 Å². The first-order valence-corrected chi connectivity index (χ1v) is 2.91. The highest BCUT2D eigenvalue weighted by Gasteiger charge is 1.89. The van der Waals surface area contributed by atoms with Gasteiger partial charge in [-0.2, -0.15) is 0 Å². The minimum atomic E-state index is -0.622. The molecule has 0 spiro atoms. The summed E-state index contributed by atoms with van der Waals surface area (Å²) < 4.78 is 0.266. The van der Waals surface area contributed by atoms with Crippen LogP contribution in [0, 0.1) is 0 Å². The molecule has 0 fully saturated rings. The molecular weight excluding hydrogens is 188 g/mol. The number of hydrogen-bond acceptors (Lipinski definition) is 3. The Balaban J connectivity index is 3.34. The molecule has 0 aliphatic rings.